The Kier molecular flexibility index (Phi) is 4.01. The Morgan fingerprint density at radius 1 is 1.17 bits per heavy atom. The van der Waals surface area contributed by atoms with Crippen LogP contribution in [0.2, 0.25) is 0 Å². The van der Waals surface area contributed by atoms with Crippen molar-refractivity contribution in [3.8, 4) is 0 Å². The lowest BCUT2D eigenvalue weighted by molar-refractivity contribution is -0.140. The average Bonchev–Trinajstić information content (AvgIpc) is 3.30. The second kappa shape index (κ2) is 5.81. The molecule has 1 aromatic heterocycles. The summed E-state index contributed by atoms with van der Waals surface area (Å²) in [5.41, 5.74) is 0. The zero-order valence-corrected chi connectivity index (χ0v) is 15.8. The average molecular weight is 369 g/mol. The quantitative estimate of drug-likeness (QED) is 0.820. The molecule has 0 unspecified atom stereocenters. The summed E-state index contributed by atoms with van der Waals surface area (Å²) in [4.78, 5) is 17.0. The molecule has 2 atom stereocenters. The van der Waals surface area contributed by atoms with Gasteiger partial charge in [0.2, 0.25) is 15.9 Å². The molecular formula is C17H24N2O3S2. The number of carbonyl (C=O) groups is 1. The summed E-state index contributed by atoms with van der Waals surface area (Å²) in [6.45, 7) is 5.41. The molecule has 1 saturated carbocycles. The molecule has 5 rings (SSSR count). The number of nitrogens with zero attached hydrogens (tertiary/aromatic N) is 2. The number of carbonyl (C=O) groups excluding carboxylic acids is 1. The third-order valence-corrected chi connectivity index (χ3v) is 8.58. The molecule has 1 amide bonds. The zero-order chi connectivity index (χ0) is 17.1. The molecule has 5 nitrogen and oxygen atoms in total. The molecule has 2 bridgehead atoms. The van der Waals surface area contributed by atoms with Gasteiger partial charge in [0.15, 0.2) is 0 Å². The molecule has 0 spiro atoms. The first kappa shape index (κ1) is 16.5. The van der Waals surface area contributed by atoms with E-state index in [1.165, 1.54) is 24.2 Å². The van der Waals surface area contributed by atoms with Gasteiger partial charge in [0.25, 0.3) is 0 Å². The minimum absolute atomic E-state index is 0.0478. The SMILES string of the molecule is Cc1cc(S(=O)(=O)N2C[C@H]3CC[C@@H](C2)N(CC2CC2)C3=O)c(C)s1. The Morgan fingerprint density at radius 3 is 2.54 bits per heavy atom. The van der Waals surface area contributed by atoms with Gasteiger partial charge in [-0.05, 0) is 51.5 Å². The van der Waals surface area contributed by atoms with Crippen LogP contribution in [0.5, 0.6) is 0 Å². The molecule has 1 aliphatic carbocycles. The summed E-state index contributed by atoms with van der Waals surface area (Å²) in [6, 6.07) is 1.82. The number of piperidine rings is 1. The summed E-state index contributed by atoms with van der Waals surface area (Å²) in [6.07, 6.45) is 4.15. The molecule has 0 aromatic carbocycles. The van der Waals surface area contributed by atoms with Crippen LogP contribution in [-0.4, -0.2) is 49.2 Å². The van der Waals surface area contributed by atoms with Crippen molar-refractivity contribution in [3.63, 3.8) is 0 Å². The third kappa shape index (κ3) is 2.80. The minimum atomic E-state index is -3.52. The third-order valence-electron chi connectivity index (χ3n) is 5.52. The van der Waals surface area contributed by atoms with E-state index < -0.39 is 10.0 Å². The van der Waals surface area contributed by atoms with Crippen LogP contribution < -0.4 is 0 Å². The molecule has 132 valence electrons. The molecule has 4 aliphatic rings. The molecule has 0 radical (unpaired) electrons. The van der Waals surface area contributed by atoms with Crippen LogP contribution >= 0.6 is 11.3 Å². The predicted octanol–water partition coefficient (Wildman–Crippen LogP) is 2.39. The zero-order valence-electron chi connectivity index (χ0n) is 14.2. The van der Waals surface area contributed by atoms with Crippen LogP contribution in [0.1, 0.15) is 35.4 Å². The fraction of sp³-hybridized carbons (Fsp3) is 0.706. The lowest BCUT2D eigenvalue weighted by Gasteiger charge is -2.36. The lowest BCUT2D eigenvalue weighted by atomic mass is 9.94. The topological polar surface area (TPSA) is 57.7 Å². The van der Waals surface area contributed by atoms with Crippen molar-refractivity contribution in [3.05, 3.63) is 15.8 Å². The fourth-order valence-electron chi connectivity index (χ4n) is 4.02. The number of sulfonamides is 1. The molecule has 7 heteroatoms. The molecule has 24 heavy (non-hydrogen) atoms. The van der Waals surface area contributed by atoms with Gasteiger partial charge in [-0.25, -0.2) is 8.42 Å². The standard InChI is InChI=1S/C17H24N2O3S2/c1-11-7-16(12(2)23-11)24(21,22)18-9-14-5-6-15(10-18)19(17(14)20)8-13-3-4-13/h7,13-15H,3-6,8-10H2,1-2H3/t14-,15+/m1/s1. The van der Waals surface area contributed by atoms with Gasteiger partial charge in [0, 0.05) is 35.4 Å². The Morgan fingerprint density at radius 2 is 1.92 bits per heavy atom. The minimum Gasteiger partial charge on any atom is -0.338 e. The van der Waals surface area contributed by atoms with Crippen LogP contribution in [0, 0.1) is 25.7 Å². The van der Waals surface area contributed by atoms with E-state index >= 15 is 0 Å². The van der Waals surface area contributed by atoms with Gasteiger partial charge in [-0.3, -0.25) is 4.79 Å². The molecule has 4 heterocycles. The van der Waals surface area contributed by atoms with Gasteiger partial charge in [-0.2, -0.15) is 4.31 Å². The van der Waals surface area contributed by atoms with Crippen LogP contribution in [0.25, 0.3) is 0 Å². The number of rotatable bonds is 4. The first-order valence-electron chi connectivity index (χ1n) is 8.74. The van der Waals surface area contributed by atoms with Crippen molar-refractivity contribution < 1.29 is 13.2 Å². The molecular weight excluding hydrogens is 344 g/mol. The maximum Gasteiger partial charge on any atom is 0.244 e. The number of fused-ring (bicyclic) bond motifs is 4. The van der Waals surface area contributed by atoms with Crippen molar-refractivity contribution in [1.29, 1.82) is 0 Å². The number of hydrogen-bond donors (Lipinski definition) is 0. The van der Waals surface area contributed by atoms with Crippen molar-refractivity contribution >= 4 is 27.3 Å². The Hall–Kier alpha value is -0.920. The van der Waals surface area contributed by atoms with Gasteiger partial charge in [0.1, 0.15) is 0 Å². The monoisotopic (exact) mass is 368 g/mol. The van der Waals surface area contributed by atoms with Gasteiger partial charge >= 0.3 is 0 Å². The van der Waals surface area contributed by atoms with Crippen LogP contribution in [0.3, 0.4) is 0 Å². The second-order valence-corrected chi connectivity index (χ2v) is 10.8. The van der Waals surface area contributed by atoms with E-state index in [-0.39, 0.29) is 17.9 Å². The Bertz CT molecular complexity index is 767. The highest BCUT2D eigenvalue weighted by atomic mass is 32.2. The molecule has 3 aliphatic heterocycles. The maximum absolute atomic E-state index is 13.1. The van der Waals surface area contributed by atoms with E-state index in [0.717, 1.165) is 29.1 Å². The summed E-state index contributed by atoms with van der Waals surface area (Å²) < 4.78 is 27.9. The van der Waals surface area contributed by atoms with Gasteiger partial charge in [-0.15, -0.1) is 11.3 Å². The van der Waals surface area contributed by atoms with Gasteiger partial charge < -0.3 is 4.90 Å². The summed E-state index contributed by atoms with van der Waals surface area (Å²) in [5, 5.41) is 0. The highest BCUT2D eigenvalue weighted by Crippen LogP contribution is 2.37. The lowest BCUT2D eigenvalue weighted by Crippen LogP contribution is -2.48. The smallest absolute Gasteiger partial charge is 0.244 e. The van der Waals surface area contributed by atoms with E-state index in [9.17, 15) is 13.2 Å². The largest absolute Gasteiger partial charge is 0.338 e. The van der Waals surface area contributed by atoms with E-state index in [2.05, 4.69) is 0 Å². The summed E-state index contributed by atoms with van der Waals surface area (Å²) in [7, 11) is -3.52. The van der Waals surface area contributed by atoms with E-state index in [4.69, 9.17) is 0 Å². The molecule has 4 fully saturated rings. The summed E-state index contributed by atoms with van der Waals surface area (Å²) in [5.74, 6) is 0.645. The summed E-state index contributed by atoms with van der Waals surface area (Å²) >= 11 is 1.52. The van der Waals surface area contributed by atoms with Crippen LogP contribution in [-0.2, 0) is 14.8 Å². The van der Waals surface area contributed by atoms with Gasteiger partial charge in [0.05, 0.1) is 10.8 Å². The van der Waals surface area contributed by atoms with Gasteiger partial charge in [-0.1, -0.05) is 0 Å². The predicted molar refractivity (Wildman–Crippen MR) is 93.5 cm³/mol. The molecule has 0 N–H and O–H groups in total. The Labute approximate surface area is 147 Å². The van der Waals surface area contributed by atoms with Crippen molar-refractivity contribution in [2.24, 2.45) is 11.8 Å². The Balaban J connectivity index is 1.63. The number of amides is 1. The van der Waals surface area contributed by atoms with E-state index in [1.807, 2.05) is 18.7 Å². The highest BCUT2D eigenvalue weighted by molar-refractivity contribution is 7.89. The maximum atomic E-state index is 13.1. The normalized spacial score (nSPS) is 28.4. The molecule has 3 saturated heterocycles. The number of thiophene rings is 1. The highest BCUT2D eigenvalue weighted by Gasteiger charge is 2.45. The number of hydrogen-bond acceptors (Lipinski definition) is 4. The first-order chi connectivity index (χ1) is 11.4. The van der Waals surface area contributed by atoms with E-state index in [0.29, 0.717) is 23.9 Å². The van der Waals surface area contributed by atoms with E-state index in [1.54, 1.807) is 10.4 Å². The fourth-order valence-corrected chi connectivity index (χ4v) is 7.06. The van der Waals surface area contributed by atoms with Crippen LogP contribution in [0.15, 0.2) is 11.0 Å². The number of aryl methyl sites for hydroxylation is 2. The first-order valence-corrected chi connectivity index (χ1v) is 11.0. The van der Waals surface area contributed by atoms with Crippen molar-refractivity contribution in [2.45, 2.75) is 50.5 Å². The van der Waals surface area contributed by atoms with Crippen molar-refractivity contribution in [2.75, 3.05) is 19.6 Å². The van der Waals surface area contributed by atoms with Crippen LogP contribution in [0.4, 0.5) is 0 Å². The second-order valence-electron chi connectivity index (χ2n) is 7.46. The van der Waals surface area contributed by atoms with Crippen molar-refractivity contribution in [1.82, 2.24) is 9.21 Å². The molecule has 1 aromatic rings.